The molecule has 1 aliphatic heterocycles. The molecule has 7 heteroatoms. The molecule has 1 atom stereocenters. The van der Waals surface area contributed by atoms with Crippen LogP contribution >= 0.6 is 15.9 Å². The van der Waals surface area contributed by atoms with Gasteiger partial charge in [-0.15, -0.1) is 0 Å². The van der Waals surface area contributed by atoms with Crippen molar-refractivity contribution in [3.63, 3.8) is 0 Å². The van der Waals surface area contributed by atoms with Crippen LogP contribution in [0.15, 0.2) is 64.3 Å². The normalized spacial score (nSPS) is 16.7. The lowest BCUT2D eigenvalue weighted by Crippen LogP contribution is -2.45. The summed E-state index contributed by atoms with van der Waals surface area (Å²) in [6, 6.07) is 13.1. The van der Waals surface area contributed by atoms with E-state index < -0.39 is 18.0 Å². The zero-order chi connectivity index (χ0) is 18.7. The molecule has 0 radical (unpaired) electrons. The number of aromatic hydroxyl groups is 1. The lowest BCUT2D eigenvalue weighted by Gasteiger charge is -2.28. The van der Waals surface area contributed by atoms with Crippen molar-refractivity contribution in [2.75, 3.05) is 0 Å². The van der Waals surface area contributed by atoms with Crippen LogP contribution in [-0.4, -0.2) is 17.1 Å². The first-order valence-corrected chi connectivity index (χ1v) is 8.72. The summed E-state index contributed by atoms with van der Waals surface area (Å²) in [6.45, 7) is 1.79. The molecule has 0 saturated heterocycles. The van der Waals surface area contributed by atoms with Crippen LogP contribution in [0.25, 0.3) is 0 Å². The van der Waals surface area contributed by atoms with Crippen LogP contribution in [0, 0.1) is 0 Å². The molecule has 0 saturated carbocycles. The maximum absolute atomic E-state index is 12.7. The Labute approximate surface area is 159 Å². The number of hydrogen-bond acceptors (Lipinski definition) is 4. The molecular weight excluding hydrogens is 400 g/mol. The van der Waals surface area contributed by atoms with Crippen LogP contribution in [0.2, 0.25) is 0 Å². The van der Waals surface area contributed by atoms with E-state index in [1.54, 1.807) is 19.1 Å². The lowest BCUT2D eigenvalue weighted by molar-refractivity contribution is -0.140. The molecule has 0 aliphatic carbocycles. The summed E-state index contributed by atoms with van der Waals surface area (Å²) in [5.74, 6) is -0.448. The highest BCUT2D eigenvalue weighted by Crippen LogP contribution is 2.32. The van der Waals surface area contributed by atoms with Gasteiger partial charge in [0.05, 0.1) is 16.1 Å². The second kappa shape index (κ2) is 7.61. The second-order valence-corrected chi connectivity index (χ2v) is 6.70. The Hall–Kier alpha value is -2.80. The van der Waals surface area contributed by atoms with E-state index in [1.165, 1.54) is 6.07 Å². The third kappa shape index (κ3) is 3.88. The zero-order valence-electron chi connectivity index (χ0n) is 14.0. The fourth-order valence-electron chi connectivity index (χ4n) is 2.72. The standard InChI is InChI=1S/C19H17BrN2O4/c1-11-16(18(24)26-10-12-5-3-2-4-6-12)17(22-19(25)21-11)13-7-8-15(23)14(20)9-13/h2-9,17,23H,10H2,1H3,(H2,21,22,25). The number of phenols is 1. The van der Waals surface area contributed by atoms with Crippen molar-refractivity contribution in [3.05, 3.63) is 75.4 Å². The first kappa shape index (κ1) is 18.0. The Morgan fingerprint density at radius 3 is 2.65 bits per heavy atom. The third-order valence-corrected chi connectivity index (χ3v) is 4.64. The zero-order valence-corrected chi connectivity index (χ0v) is 15.5. The Kier molecular flexibility index (Phi) is 5.27. The number of urea groups is 1. The second-order valence-electron chi connectivity index (χ2n) is 5.84. The molecule has 3 rings (SSSR count). The van der Waals surface area contributed by atoms with Crippen molar-refractivity contribution in [2.45, 2.75) is 19.6 Å². The van der Waals surface area contributed by atoms with Gasteiger partial charge in [-0.3, -0.25) is 0 Å². The SMILES string of the molecule is CC1=C(C(=O)OCc2ccccc2)C(c2ccc(O)c(Br)c2)NC(=O)N1. The van der Waals surface area contributed by atoms with Crippen molar-refractivity contribution in [1.82, 2.24) is 10.6 Å². The van der Waals surface area contributed by atoms with Crippen molar-refractivity contribution < 1.29 is 19.4 Å². The minimum atomic E-state index is -0.677. The number of ether oxygens (including phenoxy) is 1. The number of halogens is 1. The summed E-state index contributed by atoms with van der Waals surface area (Å²) in [4.78, 5) is 24.6. The van der Waals surface area contributed by atoms with Crippen LogP contribution in [0.5, 0.6) is 5.75 Å². The van der Waals surface area contributed by atoms with Crippen molar-refractivity contribution in [1.29, 1.82) is 0 Å². The van der Waals surface area contributed by atoms with Gasteiger partial charge in [0.1, 0.15) is 12.4 Å². The maximum Gasteiger partial charge on any atom is 0.338 e. The highest BCUT2D eigenvalue weighted by atomic mass is 79.9. The summed E-state index contributed by atoms with van der Waals surface area (Å²) >= 11 is 3.25. The molecule has 1 heterocycles. The number of esters is 1. The minimum absolute atomic E-state index is 0.0721. The van der Waals surface area contributed by atoms with Gasteiger partial charge in [-0.1, -0.05) is 36.4 Å². The number of carbonyl (C=O) groups excluding carboxylic acids is 2. The molecule has 0 aromatic heterocycles. The summed E-state index contributed by atoms with van der Waals surface area (Å²) in [7, 11) is 0. The average molecular weight is 417 g/mol. The van der Waals surface area contributed by atoms with E-state index in [2.05, 4.69) is 26.6 Å². The van der Waals surface area contributed by atoms with Gasteiger partial charge in [-0.05, 0) is 46.1 Å². The molecule has 2 amide bonds. The van der Waals surface area contributed by atoms with E-state index in [0.29, 0.717) is 21.3 Å². The molecule has 134 valence electrons. The highest BCUT2D eigenvalue weighted by Gasteiger charge is 2.32. The molecule has 6 nitrogen and oxygen atoms in total. The van der Waals surface area contributed by atoms with Crippen molar-refractivity contribution >= 4 is 27.9 Å². The van der Waals surface area contributed by atoms with Gasteiger partial charge >= 0.3 is 12.0 Å². The molecule has 1 aliphatic rings. The van der Waals surface area contributed by atoms with Crippen LogP contribution in [-0.2, 0) is 16.1 Å². The number of carbonyl (C=O) groups is 2. The summed E-state index contributed by atoms with van der Waals surface area (Å²) in [5.41, 5.74) is 2.27. The van der Waals surface area contributed by atoms with Gasteiger partial charge in [-0.25, -0.2) is 9.59 Å². The Bertz CT molecular complexity index is 880. The van der Waals surface area contributed by atoms with E-state index >= 15 is 0 Å². The van der Waals surface area contributed by atoms with Crippen LogP contribution < -0.4 is 10.6 Å². The summed E-state index contributed by atoms with van der Waals surface area (Å²) in [5, 5.41) is 15.0. The molecule has 2 aromatic rings. The Balaban J connectivity index is 1.87. The average Bonchev–Trinajstić information content (AvgIpc) is 2.62. The fourth-order valence-corrected chi connectivity index (χ4v) is 3.11. The topological polar surface area (TPSA) is 87.7 Å². The molecular formula is C19H17BrN2O4. The predicted molar refractivity (Wildman–Crippen MR) is 99.2 cm³/mol. The molecule has 2 aromatic carbocycles. The molecule has 0 bridgehead atoms. The number of nitrogens with one attached hydrogen (secondary N) is 2. The number of allylic oxidation sites excluding steroid dienone is 1. The third-order valence-electron chi connectivity index (χ3n) is 4.01. The van der Waals surface area contributed by atoms with E-state index in [1.807, 2.05) is 30.3 Å². The molecule has 0 spiro atoms. The number of amides is 2. The van der Waals surface area contributed by atoms with E-state index in [-0.39, 0.29) is 12.4 Å². The number of rotatable bonds is 4. The van der Waals surface area contributed by atoms with Crippen molar-refractivity contribution in [2.24, 2.45) is 0 Å². The highest BCUT2D eigenvalue weighted by molar-refractivity contribution is 9.10. The summed E-state index contributed by atoms with van der Waals surface area (Å²) < 4.78 is 5.90. The van der Waals surface area contributed by atoms with Gasteiger partial charge in [-0.2, -0.15) is 0 Å². The van der Waals surface area contributed by atoms with Gasteiger partial charge in [0.25, 0.3) is 0 Å². The van der Waals surface area contributed by atoms with Gasteiger partial charge in [0.15, 0.2) is 0 Å². The Morgan fingerprint density at radius 1 is 1.23 bits per heavy atom. The smallest absolute Gasteiger partial charge is 0.338 e. The molecule has 1 unspecified atom stereocenters. The summed E-state index contributed by atoms with van der Waals surface area (Å²) in [6.07, 6.45) is 0. The predicted octanol–water partition coefficient (Wildman–Crippen LogP) is 3.53. The van der Waals surface area contributed by atoms with E-state index in [9.17, 15) is 14.7 Å². The molecule has 3 N–H and O–H groups in total. The van der Waals surface area contributed by atoms with Crippen LogP contribution in [0.3, 0.4) is 0 Å². The quantitative estimate of drug-likeness (QED) is 0.665. The molecule has 26 heavy (non-hydrogen) atoms. The fraction of sp³-hybridized carbons (Fsp3) is 0.158. The number of hydrogen-bond donors (Lipinski definition) is 3. The van der Waals surface area contributed by atoms with Gasteiger partial charge in [0, 0.05) is 5.70 Å². The Morgan fingerprint density at radius 2 is 1.96 bits per heavy atom. The van der Waals surface area contributed by atoms with Crippen LogP contribution in [0.1, 0.15) is 24.1 Å². The van der Waals surface area contributed by atoms with E-state index in [0.717, 1.165) is 5.56 Å². The molecule has 0 fully saturated rings. The van der Waals surface area contributed by atoms with Crippen molar-refractivity contribution in [3.8, 4) is 5.75 Å². The largest absolute Gasteiger partial charge is 0.507 e. The first-order valence-electron chi connectivity index (χ1n) is 7.93. The van der Waals surface area contributed by atoms with E-state index in [4.69, 9.17) is 4.74 Å². The monoisotopic (exact) mass is 416 g/mol. The van der Waals surface area contributed by atoms with Gasteiger partial charge in [0.2, 0.25) is 0 Å². The number of benzene rings is 2. The van der Waals surface area contributed by atoms with Gasteiger partial charge < -0.3 is 20.5 Å². The first-order chi connectivity index (χ1) is 12.5. The van der Waals surface area contributed by atoms with Crippen LogP contribution in [0.4, 0.5) is 4.79 Å². The number of phenolic OH excluding ortho intramolecular Hbond substituents is 1. The minimum Gasteiger partial charge on any atom is -0.507 e. The maximum atomic E-state index is 12.7. The lowest BCUT2D eigenvalue weighted by atomic mass is 9.95.